The number of hydrogen-bond acceptors (Lipinski definition) is 4. The second-order valence-corrected chi connectivity index (χ2v) is 1.81. The lowest BCUT2D eigenvalue weighted by Gasteiger charge is -1.98. The minimum absolute atomic E-state index is 1.38. The van der Waals surface area contributed by atoms with E-state index in [0.29, 0.717) is 0 Å². The first-order valence-electron chi connectivity index (χ1n) is 1.67. The van der Waals surface area contributed by atoms with E-state index in [1.165, 1.54) is 14.2 Å². The van der Waals surface area contributed by atoms with Gasteiger partial charge in [0.2, 0.25) is 0 Å². The molecule has 0 aliphatic heterocycles. The molecule has 50 valence electrons. The van der Waals surface area contributed by atoms with Gasteiger partial charge in [-0.05, 0) is 0 Å². The fourth-order valence-electron chi connectivity index (χ4n) is 0.0745. The van der Waals surface area contributed by atoms with Gasteiger partial charge in [-0.25, -0.2) is 0 Å². The van der Waals surface area contributed by atoms with Crippen molar-refractivity contribution in [3.8, 4) is 0 Å². The minimum Gasteiger partial charge on any atom is -0.328 e. The summed E-state index contributed by atoms with van der Waals surface area (Å²) in [4.78, 5) is 16.3. The molecule has 1 N–H and O–H groups in total. The van der Waals surface area contributed by atoms with E-state index in [1.807, 2.05) is 6.79 Å². The van der Waals surface area contributed by atoms with Gasteiger partial charge in [0.15, 0.2) is 0 Å². The van der Waals surface area contributed by atoms with Gasteiger partial charge in [0.25, 0.3) is 0 Å². The Morgan fingerprint density at radius 1 is 1.38 bits per heavy atom. The smallest absolute Gasteiger partial charge is 0.328 e. The van der Waals surface area contributed by atoms with E-state index in [1.54, 1.807) is 0 Å². The lowest BCUT2D eigenvalue weighted by molar-refractivity contribution is -0.0979. The van der Waals surface area contributed by atoms with Gasteiger partial charge in [0.05, 0.1) is 0 Å². The Kier molecular flexibility index (Phi) is 13.7. The van der Waals surface area contributed by atoms with Crippen LogP contribution in [-0.4, -0.2) is 25.9 Å². The van der Waals surface area contributed by atoms with Crippen molar-refractivity contribution < 1.29 is 18.7 Å². The molecule has 4 nitrogen and oxygen atoms in total. The first-order chi connectivity index (χ1) is 3.81. The van der Waals surface area contributed by atoms with Crippen LogP contribution in [0.3, 0.4) is 0 Å². The maximum Gasteiger partial charge on any atom is 0.329 e. The van der Waals surface area contributed by atoms with Crippen LogP contribution in [-0.2, 0) is 13.8 Å². The van der Waals surface area contributed by atoms with E-state index >= 15 is 0 Å². The van der Waals surface area contributed by atoms with Crippen molar-refractivity contribution >= 4 is 15.4 Å². The molecular formula is C3H9O4P. The minimum atomic E-state index is -1.58. The first-order valence-corrected chi connectivity index (χ1v) is 2.80. The van der Waals surface area contributed by atoms with Crippen molar-refractivity contribution in [1.29, 1.82) is 0 Å². The summed E-state index contributed by atoms with van der Waals surface area (Å²) in [6, 6.07) is 0. The molecule has 5 heteroatoms. The third kappa shape index (κ3) is 9.36. The highest BCUT2D eigenvalue weighted by Crippen LogP contribution is 2.28. The van der Waals surface area contributed by atoms with Crippen molar-refractivity contribution in [3.05, 3.63) is 0 Å². The standard InChI is InChI=1S/C2H7O3P.CH2O/c1-4-6(3)5-2;1-2/h3H,1-2H3;1H2. The van der Waals surface area contributed by atoms with Gasteiger partial charge < -0.3 is 18.7 Å². The summed E-state index contributed by atoms with van der Waals surface area (Å²) < 4.78 is 8.59. The average Bonchev–Trinajstić information content (AvgIpc) is 1.91. The number of carbonyl (C=O) groups excluding carboxylic acids is 1. The number of carbonyl (C=O) groups is 1. The van der Waals surface area contributed by atoms with Crippen LogP contribution in [0.5, 0.6) is 0 Å². The molecule has 0 spiro atoms. The Morgan fingerprint density at radius 3 is 1.62 bits per heavy atom. The normalized spacial score (nSPS) is 8.00. The summed E-state index contributed by atoms with van der Waals surface area (Å²) >= 11 is 0. The molecule has 0 saturated heterocycles. The second-order valence-electron chi connectivity index (χ2n) is 0.603. The molecule has 0 aromatic heterocycles. The Labute approximate surface area is 49.4 Å². The molecule has 0 heterocycles. The van der Waals surface area contributed by atoms with Gasteiger partial charge in [-0.3, -0.25) is 0 Å². The third-order valence-electron chi connectivity index (χ3n) is 0.312. The molecule has 0 rings (SSSR count). The molecule has 0 fully saturated rings. The summed E-state index contributed by atoms with van der Waals surface area (Å²) in [5.41, 5.74) is 0. The monoisotopic (exact) mass is 140 g/mol. The fraction of sp³-hybridized carbons (Fsp3) is 0.667. The van der Waals surface area contributed by atoms with Crippen LogP contribution in [0.25, 0.3) is 0 Å². The van der Waals surface area contributed by atoms with E-state index in [-0.39, 0.29) is 0 Å². The highest BCUT2D eigenvalue weighted by Gasteiger charge is 1.94. The lowest BCUT2D eigenvalue weighted by atomic mass is 11.8. The number of rotatable bonds is 2. The summed E-state index contributed by atoms with van der Waals surface area (Å²) in [6.07, 6.45) is 0. The molecule has 0 radical (unpaired) electrons. The van der Waals surface area contributed by atoms with Crippen molar-refractivity contribution in [2.45, 2.75) is 0 Å². The number of hydrogen-bond donors (Lipinski definition) is 1. The van der Waals surface area contributed by atoms with Gasteiger partial charge in [-0.1, -0.05) is 0 Å². The largest absolute Gasteiger partial charge is 0.329 e. The van der Waals surface area contributed by atoms with Crippen LogP contribution in [0.1, 0.15) is 0 Å². The molecule has 0 saturated carbocycles. The third-order valence-corrected chi connectivity index (χ3v) is 0.937. The molecule has 0 aliphatic rings. The van der Waals surface area contributed by atoms with Crippen molar-refractivity contribution in [1.82, 2.24) is 0 Å². The topological polar surface area (TPSA) is 55.8 Å². The zero-order valence-electron chi connectivity index (χ0n) is 4.83. The van der Waals surface area contributed by atoms with Gasteiger partial charge in [-0.15, -0.1) is 0 Å². The Bertz CT molecular complexity index is 38.3. The first kappa shape index (κ1) is 10.9. The van der Waals surface area contributed by atoms with Crippen LogP contribution in [0.2, 0.25) is 0 Å². The van der Waals surface area contributed by atoms with Crippen LogP contribution in [0.15, 0.2) is 0 Å². The summed E-state index contributed by atoms with van der Waals surface area (Å²) in [5.74, 6) is 0. The van der Waals surface area contributed by atoms with E-state index in [2.05, 4.69) is 9.05 Å². The van der Waals surface area contributed by atoms with E-state index < -0.39 is 8.60 Å². The van der Waals surface area contributed by atoms with Gasteiger partial charge >= 0.3 is 8.60 Å². The van der Waals surface area contributed by atoms with Gasteiger partial charge in [-0.2, -0.15) is 0 Å². The molecule has 0 bridgehead atoms. The highest BCUT2D eigenvalue weighted by atomic mass is 31.2. The molecule has 0 aromatic carbocycles. The van der Waals surface area contributed by atoms with Crippen molar-refractivity contribution in [3.63, 3.8) is 0 Å². The van der Waals surface area contributed by atoms with Crippen molar-refractivity contribution in [2.75, 3.05) is 14.2 Å². The summed E-state index contributed by atoms with van der Waals surface area (Å²) in [6.45, 7) is 2.00. The van der Waals surface area contributed by atoms with Crippen LogP contribution in [0.4, 0.5) is 0 Å². The predicted molar refractivity (Wildman–Crippen MR) is 30.3 cm³/mol. The molecular weight excluding hydrogens is 131 g/mol. The Morgan fingerprint density at radius 2 is 1.62 bits per heavy atom. The SMILES string of the molecule is C=O.COP(O)OC. The molecule has 0 aliphatic carbocycles. The Hall–Kier alpha value is -0.0200. The van der Waals surface area contributed by atoms with E-state index in [4.69, 9.17) is 9.69 Å². The molecule has 0 amide bonds. The van der Waals surface area contributed by atoms with Crippen LogP contribution in [0, 0.1) is 0 Å². The summed E-state index contributed by atoms with van der Waals surface area (Å²) in [5, 5.41) is 0. The van der Waals surface area contributed by atoms with Crippen LogP contribution >= 0.6 is 8.60 Å². The molecule has 0 aromatic rings. The zero-order chi connectivity index (χ0) is 6.99. The van der Waals surface area contributed by atoms with Crippen molar-refractivity contribution in [2.24, 2.45) is 0 Å². The van der Waals surface area contributed by atoms with Gasteiger partial charge in [0.1, 0.15) is 6.79 Å². The lowest BCUT2D eigenvalue weighted by Crippen LogP contribution is -1.75. The summed E-state index contributed by atoms with van der Waals surface area (Å²) in [7, 11) is 1.19. The molecule has 0 unspecified atom stereocenters. The highest BCUT2D eigenvalue weighted by molar-refractivity contribution is 7.40. The molecule has 0 atom stereocenters. The maximum absolute atomic E-state index is 8.29. The maximum atomic E-state index is 8.29. The van der Waals surface area contributed by atoms with Gasteiger partial charge in [0, 0.05) is 14.2 Å². The predicted octanol–water partition coefficient (Wildman–Crippen LogP) is 0.313. The Balaban J connectivity index is 0. The quantitative estimate of drug-likeness (QED) is 0.561. The molecule has 8 heavy (non-hydrogen) atoms. The zero-order valence-corrected chi connectivity index (χ0v) is 5.72. The second kappa shape index (κ2) is 10.1. The average molecular weight is 140 g/mol. The van der Waals surface area contributed by atoms with Crippen LogP contribution < -0.4 is 0 Å². The van der Waals surface area contributed by atoms with E-state index in [9.17, 15) is 0 Å². The fourth-order valence-corrected chi connectivity index (χ4v) is 0.224. The van der Waals surface area contributed by atoms with E-state index in [0.717, 1.165) is 0 Å².